The lowest BCUT2D eigenvalue weighted by molar-refractivity contribution is 0.372. The van der Waals surface area contributed by atoms with Gasteiger partial charge in [0.1, 0.15) is 0 Å². The van der Waals surface area contributed by atoms with Crippen molar-refractivity contribution in [1.29, 1.82) is 0 Å². The minimum absolute atomic E-state index is 0.0752. The molecule has 0 saturated heterocycles. The van der Waals surface area contributed by atoms with E-state index in [0.29, 0.717) is 11.5 Å². The maximum absolute atomic E-state index is 12.1. The van der Waals surface area contributed by atoms with E-state index in [4.69, 9.17) is 4.52 Å². The Labute approximate surface area is 110 Å². The molecule has 9 heteroatoms. The average Bonchev–Trinajstić information content (AvgIpc) is 2.82. The number of rotatable bonds is 5. The number of nitrogens with zero attached hydrogens (tertiary/aromatic N) is 3. The summed E-state index contributed by atoms with van der Waals surface area (Å²) in [5, 5.41) is 6.27. The fraction of sp³-hybridized carbons (Fsp3) is 0.300. The molecule has 19 heavy (non-hydrogen) atoms. The van der Waals surface area contributed by atoms with Gasteiger partial charge in [0.2, 0.25) is 5.89 Å². The molecule has 2 aromatic heterocycles. The zero-order valence-corrected chi connectivity index (χ0v) is 11.2. The molecule has 0 aromatic carbocycles. The molecule has 0 saturated carbocycles. The maximum atomic E-state index is 12.1. The standard InChI is InChI=1S/C10H13N5O3S/c1-7-14-9(18-15-7)6-13-19(16,17)10-8(11-2)4-3-5-12-10/h3-5,11,13H,6H2,1-2H3. The summed E-state index contributed by atoms with van der Waals surface area (Å²) in [6, 6.07) is 3.27. The van der Waals surface area contributed by atoms with E-state index >= 15 is 0 Å². The number of aromatic nitrogens is 3. The SMILES string of the molecule is CNc1cccnc1S(=O)(=O)NCc1nc(C)no1. The summed E-state index contributed by atoms with van der Waals surface area (Å²) in [5.41, 5.74) is 0.414. The third-order valence-corrected chi connectivity index (χ3v) is 3.64. The van der Waals surface area contributed by atoms with Crippen molar-refractivity contribution in [1.82, 2.24) is 19.8 Å². The number of hydrogen-bond donors (Lipinski definition) is 2. The van der Waals surface area contributed by atoms with Gasteiger partial charge in [-0.05, 0) is 19.1 Å². The largest absolute Gasteiger partial charge is 0.386 e. The highest BCUT2D eigenvalue weighted by molar-refractivity contribution is 7.89. The van der Waals surface area contributed by atoms with Crippen molar-refractivity contribution in [3.8, 4) is 0 Å². The van der Waals surface area contributed by atoms with Crippen molar-refractivity contribution < 1.29 is 12.9 Å². The second-order valence-corrected chi connectivity index (χ2v) is 5.35. The Morgan fingerprint density at radius 1 is 1.42 bits per heavy atom. The van der Waals surface area contributed by atoms with Gasteiger partial charge in [0.25, 0.3) is 10.0 Å². The van der Waals surface area contributed by atoms with Gasteiger partial charge in [-0.25, -0.2) is 18.1 Å². The molecule has 0 aliphatic heterocycles. The summed E-state index contributed by atoms with van der Waals surface area (Å²) in [7, 11) is -2.12. The minimum Gasteiger partial charge on any atom is -0.386 e. The molecule has 0 atom stereocenters. The number of sulfonamides is 1. The van der Waals surface area contributed by atoms with E-state index < -0.39 is 10.0 Å². The van der Waals surface area contributed by atoms with Gasteiger partial charge in [0.15, 0.2) is 10.9 Å². The van der Waals surface area contributed by atoms with E-state index in [1.807, 2.05) is 0 Å². The molecule has 0 bridgehead atoms. The molecule has 2 aromatic rings. The van der Waals surface area contributed by atoms with Crippen LogP contribution in [0.2, 0.25) is 0 Å². The Morgan fingerprint density at radius 3 is 2.84 bits per heavy atom. The summed E-state index contributed by atoms with van der Waals surface area (Å²) >= 11 is 0. The van der Waals surface area contributed by atoms with E-state index in [0.717, 1.165) is 0 Å². The van der Waals surface area contributed by atoms with Gasteiger partial charge in [0.05, 0.1) is 12.2 Å². The lowest BCUT2D eigenvalue weighted by Crippen LogP contribution is -2.25. The minimum atomic E-state index is -3.74. The van der Waals surface area contributed by atoms with E-state index in [1.165, 1.54) is 6.20 Å². The van der Waals surface area contributed by atoms with Crippen LogP contribution in [-0.2, 0) is 16.6 Å². The van der Waals surface area contributed by atoms with Crippen molar-refractivity contribution in [2.24, 2.45) is 0 Å². The van der Waals surface area contributed by atoms with E-state index in [1.54, 1.807) is 26.1 Å². The Balaban J connectivity index is 2.18. The molecule has 0 aliphatic carbocycles. The van der Waals surface area contributed by atoms with Crippen LogP contribution in [-0.4, -0.2) is 30.6 Å². The molecule has 0 unspecified atom stereocenters. The first-order valence-electron chi connectivity index (χ1n) is 5.44. The Hall–Kier alpha value is -2.00. The van der Waals surface area contributed by atoms with Crippen molar-refractivity contribution in [3.05, 3.63) is 30.0 Å². The van der Waals surface area contributed by atoms with E-state index in [9.17, 15) is 8.42 Å². The van der Waals surface area contributed by atoms with Gasteiger partial charge in [-0.1, -0.05) is 5.16 Å². The van der Waals surface area contributed by atoms with Gasteiger partial charge in [-0.15, -0.1) is 0 Å². The molecular formula is C10H13N5O3S. The molecule has 8 nitrogen and oxygen atoms in total. The molecular weight excluding hydrogens is 270 g/mol. The second-order valence-electron chi connectivity index (χ2n) is 3.67. The topological polar surface area (TPSA) is 110 Å². The van der Waals surface area contributed by atoms with E-state index in [2.05, 4.69) is 25.2 Å². The van der Waals surface area contributed by atoms with Crippen LogP contribution in [0.5, 0.6) is 0 Å². The molecule has 0 radical (unpaired) electrons. The molecule has 102 valence electrons. The van der Waals surface area contributed by atoms with Crippen LogP contribution >= 0.6 is 0 Å². The summed E-state index contributed by atoms with van der Waals surface area (Å²) < 4.78 is 31.4. The first-order valence-corrected chi connectivity index (χ1v) is 6.93. The summed E-state index contributed by atoms with van der Waals surface area (Å²) in [6.07, 6.45) is 1.41. The lowest BCUT2D eigenvalue weighted by Gasteiger charge is -2.08. The van der Waals surface area contributed by atoms with Gasteiger partial charge < -0.3 is 9.84 Å². The second kappa shape index (κ2) is 5.33. The first-order chi connectivity index (χ1) is 9.03. The van der Waals surface area contributed by atoms with Crippen molar-refractivity contribution in [2.45, 2.75) is 18.5 Å². The highest BCUT2D eigenvalue weighted by Crippen LogP contribution is 2.17. The first kappa shape index (κ1) is 13.4. The van der Waals surface area contributed by atoms with Crippen molar-refractivity contribution in [2.75, 3.05) is 12.4 Å². The normalized spacial score (nSPS) is 11.5. The number of hydrogen-bond acceptors (Lipinski definition) is 7. The predicted octanol–water partition coefficient (Wildman–Crippen LogP) is 0.293. The fourth-order valence-corrected chi connectivity index (χ4v) is 2.54. The van der Waals surface area contributed by atoms with Gasteiger partial charge in [-0.2, -0.15) is 4.98 Å². The van der Waals surface area contributed by atoms with Crippen LogP contribution in [0.4, 0.5) is 5.69 Å². The predicted molar refractivity (Wildman–Crippen MR) is 66.8 cm³/mol. The van der Waals surface area contributed by atoms with Crippen molar-refractivity contribution in [3.63, 3.8) is 0 Å². The quantitative estimate of drug-likeness (QED) is 0.811. The van der Waals surface area contributed by atoms with Crippen LogP contribution in [0.15, 0.2) is 27.9 Å². The molecule has 2 rings (SSSR count). The lowest BCUT2D eigenvalue weighted by atomic mass is 10.4. The highest BCUT2D eigenvalue weighted by atomic mass is 32.2. The molecule has 0 aliphatic rings. The number of nitrogens with one attached hydrogen (secondary N) is 2. The highest BCUT2D eigenvalue weighted by Gasteiger charge is 2.20. The monoisotopic (exact) mass is 283 g/mol. The molecule has 2 N–H and O–H groups in total. The summed E-state index contributed by atoms with van der Waals surface area (Å²) in [6.45, 7) is 1.57. The Kier molecular flexibility index (Phi) is 3.76. The van der Waals surface area contributed by atoms with Crippen LogP contribution in [0.3, 0.4) is 0 Å². The Bertz CT molecular complexity index is 667. The van der Waals surface area contributed by atoms with Crippen LogP contribution in [0, 0.1) is 6.92 Å². The Morgan fingerprint density at radius 2 is 2.21 bits per heavy atom. The molecule has 0 fully saturated rings. The number of aryl methyl sites for hydroxylation is 1. The van der Waals surface area contributed by atoms with Gasteiger partial charge in [-0.3, -0.25) is 0 Å². The van der Waals surface area contributed by atoms with Crippen LogP contribution in [0.25, 0.3) is 0 Å². The van der Waals surface area contributed by atoms with Crippen LogP contribution < -0.4 is 10.0 Å². The molecule has 2 heterocycles. The third-order valence-electron chi connectivity index (χ3n) is 2.28. The molecule has 0 amide bonds. The zero-order valence-electron chi connectivity index (χ0n) is 10.4. The summed E-state index contributed by atoms with van der Waals surface area (Å²) in [5.74, 6) is 0.644. The maximum Gasteiger partial charge on any atom is 0.260 e. The average molecular weight is 283 g/mol. The van der Waals surface area contributed by atoms with Crippen LogP contribution in [0.1, 0.15) is 11.7 Å². The van der Waals surface area contributed by atoms with Gasteiger partial charge >= 0.3 is 0 Å². The van der Waals surface area contributed by atoms with Gasteiger partial charge in [0, 0.05) is 13.2 Å². The fourth-order valence-electron chi connectivity index (χ4n) is 1.43. The number of anilines is 1. The van der Waals surface area contributed by atoms with Crippen molar-refractivity contribution >= 4 is 15.7 Å². The summed E-state index contributed by atoms with van der Waals surface area (Å²) in [4.78, 5) is 7.77. The molecule has 0 spiro atoms. The van der Waals surface area contributed by atoms with E-state index in [-0.39, 0.29) is 17.5 Å². The third kappa shape index (κ3) is 3.06. The zero-order chi connectivity index (χ0) is 13.9. The number of pyridine rings is 1. The smallest absolute Gasteiger partial charge is 0.260 e.